The molecule has 0 aromatic heterocycles. The Morgan fingerprint density at radius 3 is 2.52 bits per heavy atom. The highest BCUT2D eigenvalue weighted by atomic mass is 16.4. The van der Waals surface area contributed by atoms with E-state index in [1.807, 2.05) is 6.07 Å². The second kappa shape index (κ2) is 6.16. The highest BCUT2D eigenvalue weighted by Crippen LogP contribution is 2.37. The van der Waals surface area contributed by atoms with E-state index < -0.39 is 5.97 Å². The minimum atomic E-state index is -1.03. The Labute approximate surface area is 125 Å². The Morgan fingerprint density at radius 1 is 1.33 bits per heavy atom. The summed E-state index contributed by atoms with van der Waals surface area (Å²) >= 11 is 0. The summed E-state index contributed by atoms with van der Waals surface area (Å²) < 4.78 is 0. The van der Waals surface area contributed by atoms with Gasteiger partial charge < -0.3 is 10.4 Å². The molecule has 114 valence electrons. The van der Waals surface area contributed by atoms with Gasteiger partial charge >= 0.3 is 12.0 Å². The van der Waals surface area contributed by atoms with Crippen molar-refractivity contribution in [2.75, 3.05) is 11.4 Å². The molecule has 0 saturated heterocycles. The zero-order chi connectivity index (χ0) is 15.5. The van der Waals surface area contributed by atoms with Gasteiger partial charge in [0.25, 0.3) is 0 Å². The topological polar surface area (TPSA) is 69.6 Å². The summed E-state index contributed by atoms with van der Waals surface area (Å²) in [5.41, 5.74) is 0.831. The number of carboxylic acid groups (broad SMARTS) is 1. The van der Waals surface area contributed by atoms with E-state index in [1.54, 1.807) is 24.3 Å². The molecule has 2 amide bonds. The number of nitrogens with one attached hydrogen (secondary N) is 1. The van der Waals surface area contributed by atoms with Gasteiger partial charge in [0.05, 0.1) is 0 Å². The highest BCUT2D eigenvalue weighted by molar-refractivity contribution is 5.96. The van der Waals surface area contributed by atoms with Gasteiger partial charge in [-0.1, -0.05) is 32.0 Å². The van der Waals surface area contributed by atoms with Crippen LogP contribution in [0.4, 0.5) is 10.5 Å². The zero-order valence-electron chi connectivity index (χ0n) is 12.5. The molecule has 0 heterocycles. The Bertz CT molecular complexity index is 514. The van der Waals surface area contributed by atoms with Crippen molar-refractivity contribution in [2.24, 2.45) is 5.41 Å². The van der Waals surface area contributed by atoms with E-state index in [2.05, 4.69) is 19.2 Å². The van der Waals surface area contributed by atoms with Crippen molar-refractivity contribution >= 4 is 17.7 Å². The molecule has 1 fully saturated rings. The van der Waals surface area contributed by atoms with Crippen LogP contribution in [0.1, 0.15) is 33.1 Å². The molecule has 1 unspecified atom stereocenters. The Balaban J connectivity index is 2.07. The number of carboxylic acids is 1. The fourth-order valence-electron chi connectivity index (χ4n) is 2.84. The van der Waals surface area contributed by atoms with Crippen LogP contribution in [0.2, 0.25) is 0 Å². The third-order valence-corrected chi connectivity index (χ3v) is 3.90. The number of hydrogen-bond acceptors (Lipinski definition) is 2. The molecule has 2 rings (SSSR count). The third kappa shape index (κ3) is 4.21. The van der Waals surface area contributed by atoms with Gasteiger partial charge in [0.2, 0.25) is 0 Å². The first-order valence-electron chi connectivity index (χ1n) is 7.22. The first kappa shape index (κ1) is 15.4. The summed E-state index contributed by atoms with van der Waals surface area (Å²) in [5, 5.41) is 12.0. The number of nitrogens with zero attached hydrogens (tertiary/aromatic N) is 1. The number of anilines is 1. The SMILES string of the molecule is CC1(C)CCC(NC(=O)N(CC(=O)O)c2ccccc2)C1. The predicted molar refractivity (Wildman–Crippen MR) is 81.4 cm³/mol. The van der Waals surface area contributed by atoms with Crippen LogP contribution in [0.3, 0.4) is 0 Å². The van der Waals surface area contributed by atoms with E-state index in [-0.39, 0.29) is 24.0 Å². The molecule has 2 N–H and O–H groups in total. The predicted octanol–water partition coefficient (Wildman–Crippen LogP) is 2.87. The van der Waals surface area contributed by atoms with Crippen LogP contribution < -0.4 is 10.2 Å². The second-order valence-electron chi connectivity index (χ2n) is 6.37. The number of rotatable bonds is 4. The van der Waals surface area contributed by atoms with Gasteiger partial charge in [0, 0.05) is 11.7 Å². The first-order valence-corrected chi connectivity index (χ1v) is 7.22. The van der Waals surface area contributed by atoms with Crippen molar-refractivity contribution in [1.82, 2.24) is 5.32 Å². The molecule has 1 saturated carbocycles. The van der Waals surface area contributed by atoms with Crippen LogP contribution in [-0.2, 0) is 4.79 Å². The van der Waals surface area contributed by atoms with Gasteiger partial charge in [-0.2, -0.15) is 0 Å². The Kier molecular flexibility index (Phi) is 4.50. The van der Waals surface area contributed by atoms with Crippen LogP contribution in [0, 0.1) is 5.41 Å². The van der Waals surface area contributed by atoms with E-state index in [0.717, 1.165) is 19.3 Å². The number of aliphatic carboxylic acids is 1. The summed E-state index contributed by atoms with van der Waals surface area (Å²) in [6, 6.07) is 8.66. The van der Waals surface area contributed by atoms with E-state index in [1.165, 1.54) is 4.90 Å². The van der Waals surface area contributed by atoms with E-state index in [9.17, 15) is 9.59 Å². The fourth-order valence-corrected chi connectivity index (χ4v) is 2.84. The maximum Gasteiger partial charge on any atom is 0.323 e. The van der Waals surface area contributed by atoms with Crippen LogP contribution in [0.25, 0.3) is 0 Å². The van der Waals surface area contributed by atoms with Crippen molar-refractivity contribution in [1.29, 1.82) is 0 Å². The molecule has 1 aliphatic rings. The van der Waals surface area contributed by atoms with Crippen molar-refractivity contribution in [2.45, 2.75) is 39.2 Å². The molecule has 1 aliphatic carbocycles. The summed E-state index contributed by atoms with van der Waals surface area (Å²) in [6.45, 7) is 4.03. The molecule has 5 nitrogen and oxygen atoms in total. The molecule has 0 bridgehead atoms. The van der Waals surface area contributed by atoms with Crippen molar-refractivity contribution in [3.05, 3.63) is 30.3 Å². The number of carbonyl (C=O) groups excluding carboxylic acids is 1. The fraction of sp³-hybridized carbons (Fsp3) is 0.500. The Morgan fingerprint density at radius 2 is 2.00 bits per heavy atom. The largest absolute Gasteiger partial charge is 0.480 e. The van der Waals surface area contributed by atoms with Gasteiger partial charge in [-0.25, -0.2) is 4.79 Å². The quantitative estimate of drug-likeness (QED) is 0.895. The normalized spacial score (nSPS) is 20.0. The monoisotopic (exact) mass is 290 g/mol. The molecule has 1 atom stereocenters. The summed E-state index contributed by atoms with van der Waals surface area (Å²) in [4.78, 5) is 24.7. The van der Waals surface area contributed by atoms with E-state index in [0.29, 0.717) is 5.69 Å². The number of benzene rings is 1. The van der Waals surface area contributed by atoms with Crippen LogP contribution in [-0.4, -0.2) is 29.7 Å². The Hall–Kier alpha value is -2.04. The summed E-state index contributed by atoms with van der Waals surface area (Å²) in [6.07, 6.45) is 2.94. The lowest BCUT2D eigenvalue weighted by molar-refractivity contribution is -0.135. The third-order valence-electron chi connectivity index (χ3n) is 3.90. The molecule has 1 aromatic carbocycles. The number of amides is 2. The summed E-state index contributed by atoms with van der Waals surface area (Å²) in [5.74, 6) is -1.03. The molecule has 0 spiro atoms. The molecule has 21 heavy (non-hydrogen) atoms. The maximum absolute atomic E-state index is 12.4. The van der Waals surface area contributed by atoms with Crippen molar-refractivity contribution in [3.63, 3.8) is 0 Å². The highest BCUT2D eigenvalue weighted by Gasteiger charge is 2.32. The van der Waals surface area contributed by atoms with Crippen molar-refractivity contribution in [3.8, 4) is 0 Å². The lowest BCUT2D eigenvalue weighted by Gasteiger charge is -2.24. The number of carbonyl (C=O) groups is 2. The number of urea groups is 1. The number of hydrogen-bond donors (Lipinski definition) is 2. The minimum absolute atomic E-state index is 0.118. The average molecular weight is 290 g/mol. The van der Waals surface area contributed by atoms with E-state index >= 15 is 0 Å². The first-order chi connectivity index (χ1) is 9.87. The molecule has 1 aromatic rings. The van der Waals surface area contributed by atoms with Gasteiger partial charge in [-0.05, 0) is 36.8 Å². The zero-order valence-corrected chi connectivity index (χ0v) is 12.5. The maximum atomic E-state index is 12.4. The van der Waals surface area contributed by atoms with Gasteiger partial charge in [-0.3, -0.25) is 9.69 Å². The van der Waals surface area contributed by atoms with Gasteiger partial charge in [-0.15, -0.1) is 0 Å². The minimum Gasteiger partial charge on any atom is -0.480 e. The molecular formula is C16H22N2O3. The lowest BCUT2D eigenvalue weighted by atomic mass is 9.92. The smallest absolute Gasteiger partial charge is 0.323 e. The van der Waals surface area contributed by atoms with Crippen LogP contribution in [0.5, 0.6) is 0 Å². The van der Waals surface area contributed by atoms with Crippen LogP contribution >= 0.6 is 0 Å². The molecule has 0 radical (unpaired) electrons. The standard InChI is InChI=1S/C16H22N2O3/c1-16(2)9-8-12(10-16)17-15(21)18(11-14(19)20)13-6-4-3-5-7-13/h3-7,12H,8-11H2,1-2H3,(H,17,21)(H,19,20). The van der Waals surface area contributed by atoms with Crippen molar-refractivity contribution < 1.29 is 14.7 Å². The lowest BCUT2D eigenvalue weighted by Crippen LogP contribution is -2.46. The molecular weight excluding hydrogens is 268 g/mol. The van der Waals surface area contributed by atoms with Gasteiger partial charge in [0.15, 0.2) is 0 Å². The average Bonchev–Trinajstić information content (AvgIpc) is 2.76. The summed E-state index contributed by atoms with van der Waals surface area (Å²) in [7, 11) is 0. The second-order valence-corrected chi connectivity index (χ2v) is 6.37. The molecule has 0 aliphatic heterocycles. The number of para-hydroxylation sites is 1. The van der Waals surface area contributed by atoms with Crippen LogP contribution in [0.15, 0.2) is 30.3 Å². The molecule has 5 heteroatoms. The van der Waals surface area contributed by atoms with Gasteiger partial charge in [0.1, 0.15) is 6.54 Å². The van der Waals surface area contributed by atoms with E-state index in [4.69, 9.17) is 5.11 Å².